The molecule has 0 aromatic heterocycles. The standard InChI is InChI=1S/C12H17ClO6S2/c1-20(14,15)18-8-7-11(9-19-21(2,16)17)10-3-5-12(13)6-4-10/h3-6,11H,7-9H2,1-2H3/t11-/m0/s1. The van der Waals surface area contributed by atoms with Gasteiger partial charge in [-0.3, -0.25) is 8.37 Å². The average Bonchev–Trinajstić information content (AvgIpc) is 2.32. The van der Waals surface area contributed by atoms with Crippen LogP contribution in [-0.2, 0) is 28.6 Å². The van der Waals surface area contributed by atoms with Gasteiger partial charge in [0.05, 0.1) is 25.7 Å². The van der Waals surface area contributed by atoms with Gasteiger partial charge in [0, 0.05) is 10.9 Å². The largest absolute Gasteiger partial charge is 0.270 e. The number of benzene rings is 1. The van der Waals surface area contributed by atoms with Crippen LogP contribution in [0.25, 0.3) is 0 Å². The van der Waals surface area contributed by atoms with Gasteiger partial charge in [-0.2, -0.15) is 16.8 Å². The first-order valence-electron chi connectivity index (χ1n) is 6.01. The molecule has 0 spiro atoms. The Labute approximate surface area is 130 Å². The molecule has 0 radical (unpaired) electrons. The molecule has 21 heavy (non-hydrogen) atoms. The molecule has 0 unspecified atom stereocenters. The maximum atomic E-state index is 11.1. The summed E-state index contributed by atoms with van der Waals surface area (Å²) in [6.45, 7) is -0.146. The van der Waals surface area contributed by atoms with Crippen LogP contribution in [0.2, 0.25) is 5.02 Å². The van der Waals surface area contributed by atoms with Crippen molar-refractivity contribution < 1.29 is 25.2 Å². The number of halogens is 1. The molecule has 1 atom stereocenters. The van der Waals surface area contributed by atoms with Gasteiger partial charge in [-0.25, -0.2) is 0 Å². The van der Waals surface area contributed by atoms with Gasteiger partial charge in [0.2, 0.25) is 0 Å². The molecule has 0 aliphatic heterocycles. The third kappa shape index (κ3) is 8.37. The van der Waals surface area contributed by atoms with E-state index >= 15 is 0 Å². The first kappa shape index (κ1) is 18.4. The predicted molar refractivity (Wildman–Crippen MR) is 80.4 cm³/mol. The second-order valence-electron chi connectivity index (χ2n) is 4.55. The molecule has 0 saturated carbocycles. The second-order valence-corrected chi connectivity index (χ2v) is 8.28. The van der Waals surface area contributed by atoms with Crippen molar-refractivity contribution in [3.05, 3.63) is 34.9 Å². The van der Waals surface area contributed by atoms with Crippen molar-refractivity contribution in [3.8, 4) is 0 Å². The first-order valence-corrected chi connectivity index (χ1v) is 10.0. The number of hydrogen-bond acceptors (Lipinski definition) is 6. The minimum Gasteiger partial charge on any atom is -0.270 e. The summed E-state index contributed by atoms with van der Waals surface area (Å²) in [5, 5.41) is 0.550. The van der Waals surface area contributed by atoms with Crippen LogP contribution >= 0.6 is 11.6 Å². The van der Waals surface area contributed by atoms with Crippen LogP contribution in [0.1, 0.15) is 17.9 Å². The quantitative estimate of drug-likeness (QED) is 0.660. The van der Waals surface area contributed by atoms with Crippen LogP contribution in [0.15, 0.2) is 24.3 Å². The Hall–Kier alpha value is -0.670. The highest BCUT2D eigenvalue weighted by Gasteiger charge is 2.16. The molecule has 120 valence electrons. The molecule has 0 heterocycles. The molecule has 0 aliphatic rings. The van der Waals surface area contributed by atoms with Crippen LogP contribution in [0, 0.1) is 0 Å². The normalized spacial score (nSPS) is 14.0. The van der Waals surface area contributed by atoms with Gasteiger partial charge in [0.15, 0.2) is 0 Å². The van der Waals surface area contributed by atoms with Crippen LogP contribution in [-0.4, -0.2) is 42.6 Å². The topological polar surface area (TPSA) is 86.7 Å². The highest BCUT2D eigenvalue weighted by atomic mass is 35.5. The lowest BCUT2D eigenvalue weighted by Gasteiger charge is -2.16. The molecule has 1 aromatic carbocycles. The zero-order chi connectivity index (χ0) is 16.1. The lowest BCUT2D eigenvalue weighted by atomic mass is 9.97. The molecule has 1 rings (SSSR count). The van der Waals surface area contributed by atoms with Crippen LogP contribution < -0.4 is 0 Å². The third-order valence-corrected chi connectivity index (χ3v) is 4.00. The molecule has 0 bridgehead atoms. The van der Waals surface area contributed by atoms with Crippen LogP contribution in [0.3, 0.4) is 0 Å². The van der Waals surface area contributed by atoms with E-state index < -0.39 is 20.2 Å². The van der Waals surface area contributed by atoms with Crippen molar-refractivity contribution >= 4 is 31.8 Å². The second kappa shape index (κ2) is 7.55. The molecular weight excluding hydrogens is 340 g/mol. The molecule has 0 fully saturated rings. The molecule has 0 aliphatic carbocycles. The maximum Gasteiger partial charge on any atom is 0.264 e. The van der Waals surface area contributed by atoms with Gasteiger partial charge in [-0.1, -0.05) is 23.7 Å². The minimum absolute atomic E-state index is 0.0563. The Bertz CT molecular complexity index is 651. The van der Waals surface area contributed by atoms with Gasteiger partial charge in [-0.05, 0) is 24.1 Å². The fourth-order valence-corrected chi connectivity index (χ4v) is 2.57. The molecule has 1 aromatic rings. The number of hydrogen-bond donors (Lipinski definition) is 0. The van der Waals surface area contributed by atoms with Gasteiger partial charge < -0.3 is 0 Å². The summed E-state index contributed by atoms with van der Waals surface area (Å²) in [6, 6.07) is 6.81. The molecule has 9 heteroatoms. The van der Waals surface area contributed by atoms with E-state index in [2.05, 4.69) is 4.18 Å². The summed E-state index contributed by atoms with van der Waals surface area (Å²) in [7, 11) is -7.11. The monoisotopic (exact) mass is 356 g/mol. The van der Waals surface area contributed by atoms with E-state index in [1.807, 2.05) is 0 Å². The summed E-state index contributed by atoms with van der Waals surface area (Å²) < 4.78 is 53.5. The van der Waals surface area contributed by atoms with Crippen molar-refractivity contribution in [2.45, 2.75) is 12.3 Å². The maximum absolute atomic E-state index is 11.1. The highest BCUT2D eigenvalue weighted by molar-refractivity contribution is 7.86. The van der Waals surface area contributed by atoms with E-state index in [0.29, 0.717) is 11.4 Å². The average molecular weight is 357 g/mol. The van der Waals surface area contributed by atoms with Crippen LogP contribution in [0.5, 0.6) is 0 Å². The molecular formula is C12H17ClO6S2. The van der Waals surface area contributed by atoms with Crippen molar-refractivity contribution in [2.75, 3.05) is 25.7 Å². The SMILES string of the molecule is CS(=O)(=O)OCC[C@@H](COS(C)(=O)=O)c1ccc(Cl)cc1. The zero-order valence-corrected chi connectivity index (χ0v) is 14.0. The lowest BCUT2D eigenvalue weighted by Crippen LogP contribution is -2.15. The van der Waals surface area contributed by atoms with Crippen LogP contribution in [0.4, 0.5) is 0 Å². The van der Waals surface area contributed by atoms with E-state index in [1.165, 1.54) is 0 Å². The van der Waals surface area contributed by atoms with Crippen molar-refractivity contribution in [3.63, 3.8) is 0 Å². The Morgan fingerprint density at radius 1 is 1.00 bits per heavy atom. The summed E-state index contributed by atoms with van der Waals surface area (Å²) in [5.41, 5.74) is 0.792. The number of rotatable bonds is 8. The van der Waals surface area contributed by atoms with Gasteiger partial charge >= 0.3 is 0 Å². The van der Waals surface area contributed by atoms with Gasteiger partial charge in [0.25, 0.3) is 20.2 Å². The van der Waals surface area contributed by atoms with Crippen molar-refractivity contribution in [1.29, 1.82) is 0 Å². The van der Waals surface area contributed by atoms with E-state index in [9.17, 15) is 16.8 Å². The fraction of sp³-hybridized carbons (Fsp3) is 0.500. The minimum atomic E-state index is -3.57. The molecule has 0 saturated heterocycles. The Balaban J connectivity index is 2.76. The Kier molecular flexibility index (Phi) is 6.61. The van der Waals surface area contributed by atoms with E-state index in [-0.39, 0.29) is 19.1 Å². The van der Waals surface area contributed by atoms with Gasteiger partial charge in [0.1, 0.15) is 0 Å². The third-order valence-electron chi connectivity index (χ3n) is 2.59. The lowest BCUT2D eigenvalue weighted by molar-refractivity contribution is 0.251. The smallest absolute Gasteiger partial charge is 0.264 e. The fourth-order valence-electron chi connectivity index (χ4n) is 1.63. The highest BCUT2D eigenvalue weighted by Crippen LogP contribution is 2.23. The summed E-state index contributed by atoms with van der Waals surface area (Å²) in [6.07, 6.45) is 2.21. The van der Waals surface area contributed by atoms with E-state index in [0.717, 1.165) is 18.1 Å². The Morgan fingerprint density at radius 3 is 2.00 bits per heavy atom. The molecule has 0 amide bonds. The summed E-state index contributed by atoms with van der Waals surface area (Å²) in [4.78, 5) is 0. The zero-order valence-electron chi connectivity index (χ0n) is 11.7. The first-order chi connectivity index (χ1) is 9.57. The van der Waals surface area contributed by atoms with E-state index in [1.54, 1.807) is 24.3 Å². The van der Waals surface area contributed by atoms with Crippen molar-refractivity contribution in [2.24, 2.45) is 0 Å². The molecule has 6 nitrogen and oxygen atoms in total. The van der Waals surface area contributed by atoms with Gasteiger partial charge in [-0.15, -0.1) is 0 Å². The van der Waals surface area contributed by atoms with Crippen molar-refractivity contribution in [1.82, 2.24) is 0 Å². The Morgan fingerprint density at radius 2 is 1.52 bits per heavy atom. The van der Waals surface area contributed by atoms with E-state index in [4.69, 9.17) is 15.8 Å². The summed E-state index contributed by atoms with van der Waals surface area (Å²) in [5.74, 6) is -0.321. The summed E-state index contributed by atoms with van der Waals surface area (Å²) >= 11 is 5.80. The predicted octanol–water partition coefficient (Wildman–Crippen LogP) is 1.77. The molecule has 0 N–H and O–H groups in total.